The van der Waals surface area contributed by atoms with Gasteiger partial charge >= 0.3 is 0 Å². The largest absolute Gasteiger partial charge is 0.366 e. The molecule has 29 heavy (non-hydrogen) atoms. The SMILES string of the molecule is NC(=O)c1cccc2c1Nc1ccc(S(=O)(=O)NCCN3CCCCC3)cc1S2. The van der Waals surface area contributed by atoms with Crippen LogP contribution >= 0.6 is 11.8 Å². The van der Waals surface area contributed by atoms with Gasteiger partial charge < -0.3 is 16.0 Å². The number of carbonyl (C=O) groups is 1. The molecule has 2 aromatic rings. The number of likely N-dealkylation sites (tertiary alicyclic amines) is 1. The summed E-state index contributed by atoms with van der Waals surface area (Å²) < 4.78 is 28.2. The van der Waals surface area contributed by atoms with Crippen molar-refractivity contribution < 1.29 is 13.2 Å². The second-order valence-electron chi connectivity index (χ2n) is 7.23. The van der Waals surface area contributed by atoms with Crippen molar-refractivity contribution >= 4 is 39.1 Å². The molecule has 2 aromatic carbocycles. The molecule has 0 atom stereocenters. The number of sulfonamides is 1. The highest BCUT2D eigenvalue weighted by molar-refractivity contribution is 7.99. The van der Waals surface area contributed by atoms with Gasteiger partial charge in [0.25, 0.3) is 5.91 Å². The third-order valence-electron chi connectivity index (χ3n) is 5.20. The zero-order valence-corrected chi connectivity index (χ0v) is 17.6. The number of primary amides is 1. The second kappa shape index (κ2) is 8.35. The number of amides is 1. The third kappa shape index (κ3) is 4.42. The van der Waals surface area contributed by atoms with Gasteiger partial charge in [0, 0.05) is 22.9 Å². The standard InChI is InChI=1S/C20H24N4O3S2/c21-20(25)15-5-4-6-17-19(15)23-16-8-7-14(13-18(16)28-17)29(26,27)22-9-12-24-10-2-1-3-11-24/h4-8,13,22-23H,1-3,9-12H2,(H2,21,25). The molecule has 1 amide bonds. The first-order valence-electron chi connectivity index (χ1n) is 9.68. The molecule has 4 rings (SSSR count). The minimum absolute atomic E-state index is 0.235. The average Bonchev–Trinajstić information content (AvgIpc) is 2.72. The molecule has 0 saturated carbocycles. The van der Waals surface area contributed by atoms with Crippen LogP contribution in [-0.2, 0) is 10.0 Å². The molecule has 1 saturated heterocycles. The van der Waals surface area contributed by atoms with Crippen molar-refractivity contribution in [1.82, 2.24) is 9.62 Å². The fourth-order valence-electron chi connectivity index (χ4n) is 3.67. The molecule has 0 aliphatic carbocycles. The van der Waals surface area contributed by atoms with E-state index in [1.807, 2.05) is 6.07 Å². The number of nitrogens with one attached hydrogen (secondary N) is 2. The van der Waals surface area contributed by atoms with Gasteiger partial charge in [-0.1, -0.05) is 24.2 Å². The van der Waals surface area contributed by atoms with Gasteiger partial charge in [0.15, 0.2) is 0 Å². The van der Waals surface area contributed by atoms with Crippen molar-refractivity contribution in [2.24, 2.45) is 5.73 Å². The summed E-state index contributed by atoms with van der Waals surface area (Å²) in [6.07, 6.45) is 3.62. The molecule has 0 unspecified atom stereocenters. The third-order valence-corrected chi connectivity index (χ3v) is 7.78. The lowest BCUT2D eigenvalue weighted by molar-refractivity contribution is 0.100. The molecular formula is C20H24N4O3S2. The van der Waals surface area contributed by atoms with E-state index in [2.05, 4.69) is 14.9 Å². The average molecular weight is 433 g/mol. The van der Waals surface area contributed by atoms with Crippen LogP contribution in [0.5, 0.6) is 0 Å². The quantitative estimate of drug-likeness (QED) is 0.553. The summed E-state index contributed by atoms with van der Waals surface area (Å²) in [5.41, 5.74) is 7.29. The Bertz CT molecular complexity index is 1030. The van der Waals surface area contributed by atoms with Crippen LogP contribution in [0.1, 0.15) is 29.6 Å². The maximum absolute atomic E-state index is 12.7. The van der Waals surface area contributed by atoms with E-state index in [1.54, 1.807) is 30.3 Å². The van der Waals surface area contributed by atoms with E-state index in [4.69, 9.17) is 5.73 Å². The van der Waals surface area contributed by atoms with Gasteiger partial charge in [-0.25, -0.2) is 13.1 Å². The number of anilines is 2. The maximum Gasteiger partial charge on any atom is 0.250 e. The molecule has 0 spiro atoms. The fourth-order valence-corrected chi connectivity index (χ4v) is 5.85. The summed E-state index contributed by atoms with van der Waals surface area (Å²) >= 11 is 1.42. The number of nitrogens with two attached hydrogens (primary N) is 1. The Kier molecular flexibility index (Phi) is 5.82. The van der Waals surface area contributed by atoms with Crippen LogP contribution in [0.25, 0.3) is 0 Å². The molecule has 154 valence electrons. The summed E-state index contributed by atoms with van der Waals surface area (Å²) in [4.78, 5) is 15.8. The number of nitrogens with zero attached hydrogens (tertiary/aromatic N) is 1. The van der Waals surface area contributed by atoms with Crippen LogP contribution in [0.3, 0.4) is 0 Å². The number of rotatable bonds is 6. The van der Waals surface area contributed by atoms with Crippen molar-refractivity contribution in [3.63, 3.8) is 0 Å². The molecular weight excluding hydrogens is 408 g/mol. The van der Waals surface area contributed by atoms with E-state index in [0.717, 1.165) is 35.1 Å². The first kappa shape index (κ1) is 20.2. The minimum atomic E-state index is -3.59. The normalized spacial score (nSPS) is 16.6. The lowest BCUT2D eigenvalue weighted by Crippen LogP contribution is -2.37. The smallest absolute Gasteiger partial charge is 0.250 e. The number of benzene rings is 2. The van der Waals surface area contributed by atoms with Crippen LogP contribution < -0.4 is 15.8 Å². The predicted octanol–water partition coefficient (Wildman–Crippen LogP) is 2.76. The molecule has 1 fully saturated rings. The molecule has 2 aliphatic heterocycles. The number of hydrogen-bond acceptors (Lipinski definition) is 6. The number of hydrogen-bond donors (Lipinski definition) is 3. The lowest BCUT2D eigenvalue weighted by atomic mass is 10.1. The highest BCUT2D eigenvalue weighted by Gasteiger charge is 2.23. The molecule has 0 radical (unpaired) electrons. The van der Waals surface area contributed by atoms with Gasteiger partial charge in [0.1, 0.15) is 0 Å². The molecule has 4 N–H and O–H groups in total. The zero-order valence-electron chi connectivity index (χ0n) is 16.0. The van der Waals surface area contributed by atoms with E-state index < -0.39 is 15.9 Å². The van der Waals surface area contributed by atoms with Crippen molar-refractivity contribution in [2.75, 3.05) is 31.5 Å². The van der Waals surface area contributed by atoms with Gasteiger partial charge in [0.2, 0.25) is 10.0 Å². The highest BCUT2D eigenvalue weighted by Crippen LogP contribution is 2.46. The van der Waals surface area contributed by atoms with Crippen molar-refractivity contribution in [1.29, 1.82) is 0 Å². The van der Waals surface area contributed by atoms with Crippen LogP contribution in [-0.4, -0.2) is 45.4 Å². The van der Waals surface area contributed by atoms with Crippen LogP contribution in [0.2, 0.25) is 0 Å². The Labute approximate surface area is 175 Å². The number of carbonyl (C=O) groups excluding carboxylic acids is 1. The summed E-state index contributed by atoms with van der Waals surface area (Å²) in [5.74, 6) is -0.504. The van der Waals surface area contributed by atoms with Crippen molar-refractivity contribution in [3.8, 4) is 0 Å². The Balaban J connectivity index is 1.48. The summed E-state index contributed by atoms with van der Waals surface area (Å²) in [7, 11) is -3.59. The van der Waals surface area contributed by atoms with E-state index in [9.17, 15) is 13.2 Å². The molecule has 7 nitrogen and oxygen atoms in total. The first-order valence-corrected chi connectivity index (χ1v) is 12.0. The lowest BCUT2D eigenvalue weighted by Gasteiger charge is -2.26. The van der Waals surface area contributed by atoms with Gasteiger partial charge in [0.05, 0.1) is 21.8 Å². The minimum Gasteiger partial charge on any atom is -0.366 e. The van der Waals surface area contributed by atoms with Crippen molar-refractivity contribution in [2.45, 2.75) is 33.9 Å². The molecule has 0 aromatic heterocycles. The molecule has 2 aliphatic rings. The Morgan fingerprint density at radius 1 is 1.14 bits per heavy atom. The van der Waals surface area contributed by atoms with Gasteiger partial charge in [-0.05, 0) is 56.3 Å². The van der Waals surface area contributed by atoms with Gasteiger partial charge in [-0.3, -0.25) is 4.79 Å². The molecule has 9 heteroatoms. The van der Waals surface area contributed by atoms with Crippen LogP contribution in [0, 0.1) is 0 Å². The topological polar surface area (TPSA) is 105 Å². The molecule has 0 bridgehead atoms. The van der Waals surface area contributed by atoms with Crippen LogP contribution in [0.4, 0.5) is 11.4 Å². The zero-order chi connectivity index (χ0) is 20.4. The van der Waals surface area contributed by atoms with E-state index in [1.165, 1.54) is 31.0 Å². The van der Waals surface area contributed by atoms with Crippen LogP contribution in [0.15, 0.2) is 51.1 Å². The van der Waals surface area contributed by atoms with E-state index >= 15 is 0 Å². The predicted molar refractivity (Wildman–Crippen MR) is 114 cm³/mol. The van der Waals surface area contributed by atoms with E-state index in [-0.39, 0.29) is 4.90 Å². The van der Waals surface area contributed by atoms with Gasteiger partial charge in [-0.2, -0.15) is 0 Å². The first-order chi connectivity index (χ1) is 13.9. The summed E-state index contributed by atoms with van der Waals surface area (Å²) in [6.45, 7) is 3.20. The Morgan fingerprint density at radius 2 is 1.93 bits per heavy atom. The summed E-state index contributed by atoms with van der Waals surface area (Å²) in [6, 6.07) is 10.3. The summed E-state index contributed by atoms with van der Waals surface area (Å²) in [5, 5.41) is 3.21. The second-order valence-corrected chi connectivity index (χ2v) is 10.1. The number of para-hydroxylation sites is 1. The maximum atomic E-state index is 12.7. The van der Waals surface area contributed by atoms with Gasteiger partial charge in [-0.15, -0.1) is 0 Å². The highest BCUT2D eigenvalue weighted by atomic mass is 32.2. The van der Waals surface area contributed by atoms with Crippen molar-refractivity contribution in [3.05, 3.63) is 42.0 Å². The fraction of sp³-hybridized carbons (Fsp3) is 0.350. The van der Waals surface area contributed by atoms with E-state index in [0.29, 0.717) is 17.8 Å². The number of fused-ring (bicyclic) bond motifs is 2. The Hall–Kier alpha value is -2.07. The monoisotopic (exact) mass is 432 g/mol. The molecule has 2 heterocycles. The Morgan fingerprint density at radius 3 is 2.69 bits per heavy atom. The number of piperidine rings is 1.